The molecule has 248 valence electrons. The summed E-state index contributed by atoms with van der Waals surface area (Å²) in [6, 6.07) is 23.1. The Morgan fingerprint density at radius 2 is 1.15 bits per heavy atom. The van der Waals surface area contributed by atoms with Crippen molar-refractivity contribution in [1.82, 2.24) is 19.1 Å². The summed E-state index contributed by atoms with van der Waals surface area (Å²) < 4.78 is 10.0. The number of rotatable bonds is 13. The van der Waals surface area contributed by atoms with Crippen molar-refractivity contribution in [3.05, 3.63) is 107 Å². The summed E-state index contributed by atoms with van der Waals surface area (Å²) in [6.07, 6.45) is 6.09. The van der Waals surface area contributed by atoms with E-state index in [2.05, 4.69) is 109 Å². The van der Waals surface area contributed by atoms with E-state index < -0.39 is 0 Å². The number of nitrogens with zero attached hydrogens (tertiary/aromatic N) is 5. The SMILES string of the molecule is CCC(C)c1ccn(-c2cccc(N(c3cccc(-n4ccc(C(C)CC)c4OC)n3)c3c(C(C)C)cccc3C(C)C)n2)c1CO. The second-order valence-corrected chi connectivity index (χ2v) is 13.2. The predicted octanol–water partition coefficient (Wildman–Crippen LogP) is 10.3. The highest BCUT2D eigenvalue weighted by Crippen LogP contribution is 2.43. The standard InChI is InChI=1S/C40H51N5O2/c1-10-28(7)32-21-23-43(34(32)25-46)35-17-13-19-37(41-35)45(39-30(26(3)4)15-12-16-31(39)27(5)6)38-20-14-18-36(42-38)44-24-22-33(29(8)11-2)40(44)47-9/h12-24,26-29,46H,10-11,25H2,1-9H3. The van der Waals surface area contributed by atoms with Gasteiger partial charge in [0.05, 0.1) is 25.1 Å². The summed E-state index contributed by atoms with van der Waals surface area (Å²) in [5, 5.41) is 10.5. The van der Waals surface area contributed by atoms with Crippen molar-refractivity contribution in [3.63, 3.8) is 0 Å². The van der Waals surface area contributed by atoms with Crippen molar-refractivity contribution in [2.24, 2.45) is 0 Å². The molecule has 0 fully saturated rings. The van der Waals surface area contributed by atoms with Crippen LogP contribution in [0, 0.1) is 0 Å². The van der Waals surface area contributed by atoms with Gasteiger partial charge in [-0.3, -0.25) is 9.47 Å². The first-order valence-electron chi connectivity index (χ1n) is 17.1. The predicted molar refractivity (Wildman–Crippen MR) is 193 cm³/mol. The largest absolute Gasteiger partial charge is 0.482 e. The highest BCUT2D eigenvalue weighted by Gasteiger charge is 2.26. The van der Waals surface area contributed by atoms with Crippen molar-refractivity contribution >= 4 is 17.3 Å². The average Bonchev–Trinajstić information content (AvgIpc) is 3.72. The molecule has 7 heteroatoms. The Hall–Kier alpha value is -4.36. The number of para-hydroxylation sites is 1. The summed E-state index contributed by atoms with van der Waals surface area (Å²) in [6.45, 7) is 17.7. The van der Waals surface area contributed by atoms with E-state index in [4.69, 9.17) is 14.7 Å². The molecule has 2 atom stereocenters. The van der Waals surface area contributed by atoms with Gasteiger partial charge < -0.3 is 14.4 Å². The number of aromatic nitrogens is 4. The molecule has 0 aliphatic carbocycles. The van der Waals surface area contributed by atoms with Gasteiger partial charge in [0.1, 0.15) is 23.3 Å². The minimum Gasteiger partial charge on any atom is -0.482 e. The second kappa shape index (κ2) is 14.6. The summed E-state index contributed by atoms with van der Waals surface area (Å²) in [5.74, 6) is 5.08. The van der Waals surface area contributed by atoms with Crippen LogP contribution in [-0.4, -0.2) is 31.3 Å². The van der Waals surface area contributed by atoms with Gasteiger partial charge in [0.25, 0.3) is 0 Å². The molecule has 4 aromatic heterocycles. The topological polar surface area (TPSA) is 68.3 Å². The number of methoxy groups -OCH3 is 1. The monoisotopic (exact) mass is 633 g/mol. The van der Waals surface area contributed by atoms with E-state index in [0.29, 0.717) is 11.8 Å². The molecule has 1 N–H and O–H groups in total. The van der Waals surface area contributed by atoms with Gasteiger partial charge in [0, 0.05) is 18.0 Å². The molecular formula is C40H51N5O2. The van der Waals surface area contributed by atoms with Crippen LogP contribution >= 0.6 is 0 Å². The maximum Gasteiger partial charge on any atom is 0.202 e. The lowest BCUT2D eigenvalue weighted by atomic mass is 9.91. The zero-order chi connectivity index (χ0) is 33.8. The van der Waals surface area contributed by atoms with Gasteiger partial charge >= 0.3 is 0 Å². The van der Waals surface area contributed by atoms with Gasteiger partial charge in [-0.2, -0.15) is 0 Å². The summed E-state index contributed by atoms with van der Waals surface area (Å²) in [5.41, 5.74) is 6.75. The normalized spacial score (nSPS) is 12.9. The van der Waals surface area contributed by atoms with Crippen LogP contribution in [0.5, 0.6) is 5.88 Å². The minimum atomic E-state index is -0.0586. The maximum atomic E-state index is 10.5. The third kappa shape index (κ3) is 6.59. The molecule has 5 rings (SSSR count). The van der Waals surface area contributed by atoms with Crippen LogP contribution in [0.3, 0.4) is 0 Å². The van der Waals surface area contributed by atoms with Crippen molar-refractivity contribution in [1.29, 1.82) is 0 Å². The van der Waals surface area contributed by atoms with E-state index in [9.17, 15) is 5.11 Å². The Bertz CT molecular complexity index is 1670. The van der Waals surface area contributed by atoms with Crippen molar-refractivity contribution in [2.45, 2.75) is 98.5 Å². The van der Waals surface area contributed by atoms with Gasteiger partial charge in [0.15, 0.2) is 0 Å². The summed E-state index contributed by atoms with van der Waals surface area (Å²) >= 11 is 0. The molecule has 0 radical (unpaired) electrons. The Balaban J connectivity index is 1.76. The number of aliphatic hydroxyl groups is 1. The van der Waals surface area contributed by atoms with E-state index >= 15 is 0 Å². The first-order chi connectivity index (χ1) is 22.6. The Morgan fingerprint density at radius 1 is 0.660 bits per heavy atom. The number of pyridine rings is 2. The fourth-order valence-electron chi connectivity index (χ4n) is 6.41. The molecule has 7 nitrogen and oxygen atoms in total. The van der Waals surface area contributed by atoms with Crippen molar-refractivity contribution in [3.8, 4) is 17.5 Å². The Kier molecular flexibility index (Phi) is 10.6. The van der Waals surface area contributed by atoms with Gasteiger partial charge in [-0.1, -0.05) is 85.7 Å². The van der Waals surface area contributed by atoms with Crippen LogP contribution in [0.4, 0.5) is 17.3 Å². The van der Waals surface area contributed by atoms with Crippen LogP contribution < -0.4 is 9.64 Å². The average molecular weight is 634 g/mol. The zero-order valence-corrected chi connectivity index (χ0v) is 29.5. The highest BCUT2D eigenvalue weighted by molar-refractivity contribution is 5.78. The first-order valence-corrected chi connectivity index (χ1v) is 17.1. The fourth-order valence-corrected chi connectivity index (χ4v) is 6.41. The highest BCUT2D eigenvalue weighted by atomic mass is 16.5. The van der Waals surface area contributed by atoms with Crippen LogP contribution in [0.1, 0.15) is 120 Å². The second-order valence-electron chi connectivity index (χ2n) is 13.2. The number of hydrogen-bond acceptors (Lipinski definition) is 5. The molecule has 0 aliphatic heterocycles. The van der Waals surface area contributed by atoms with E-state index in [1.54, 1.807) is 7.11 Å². The van der Waals surface area contributed by atoms with Gasteiger partial charge in [-0.05, 0) is 89.6 Å². The lowest BCUT2D eigenvalue weighted by Gasteiger charge is -2.31. The molecule has 0 saturated carbocycles. The third-order valence-electron chi connectivity index (χ3n) is 9.48. The van der Waals surface area contributed by atoms with Gasteiger partial charge in [-0.25, -0.2) is 9.97 Å². The molecule has 4 heterocycles. The van der Waals surface area contributed by atoms with Gasteiger partial charge in [0.2, 0.25) is 5.88 Å². The number of anilines is 3. The minimum absolute atomic E-state index is 0.0586. The molecule has 0 spiro atoms. The van der Waals surface area contributed by atoms with Crippen LogP contribution in [-0.2, 0) is 6.61 Å². The van der Waals surface area contributed by atoms with Crippen molar-refractivity contribution in [2.75, 3.05) is 12.0 Å². The van der Waals surface area contributed by atoms with Crippen LogP contribution in [0.15, 0.2) is 79.1 Å². The Labute approximate surface area is 280 Å². The third-order valence-corrected chi connectivity index (χ3v) is 9.48. The Morgan fingerprint density at radius 3 is 1.66 bits per heavy atom. The quantitative estimate of drug-likeness (QED) is 0.140. The smallest absolute Gasteiger partial charge is 0.202 e. The molecule has 0 bridgehead atoms. The molecular weight excluding hydrogens is 582 g/mol. The van der Waals surface area contributed by atoms with Gasteiger partial charge in [-0.15, -0.1) is 0 Å². The molecule has 0 saturated heterocycles. The molecule has 1 aromatic carbocycles. The molecule has 47 heavy (non-hydrogen) atoms. The van der Waals surface area contributed by atoms with E-state index in [0.717, 1.165) is 58.9 Å². The lowest BCUT2D eigenvalue weighted by Crippen LogP contribution is -2.19. The molecule has 0 aliphatic rings. The fraction of sp³-hybridized carbons (Fsp3) is 0.400. The first kappa shape index (κ1) is 34.0. The van der Waals surface area contributed by atoms with E-state index in [1.807, 2.05) is 39.6 Å². The maximum absolute atomic E-state index is 10.5. The molecule has 2 unspecified atom stereocenters. The van der Waals surface area contributed by atoms with Crippen molar-refractivity contribution < 1.29 is 9.84 Å². The number of benzene rings is 1. The molecule has 5 aromatic rings. The van der Waals surface area contributed by atoms with Crippen LogP contribution in [0.25, 0.3) is 11.6 Å². The molecule has 0 amide bonds. The van der Waals surface area contributed by atoms with E-state index in [1.165, 1.54) is 16.7 Å². The lowest BCUT2D eigenvalue weighted by molar-refractivity contribution is 0.272. The van der Waals surface area contributed by atoms with E-state index in [-0.39, 0.29) is 18.4 Å². The van der Waals surface area contributed by atoms with Crippen LogP contribution in [0.2, 0.25) is 0 Å². The summed E-state index contributed by atoms with van der Waals surface area (Å²) in [4.78, 5) is 12.8. The number of ether oxygens (including phenoxy) is 1. The summed E-state index contributed by atoms with van der Waals surface area (Å²) in [7, 11) is 1.73. The number of hydrogen-bond donors (Lipinski definition) is 1. The number of aliphatic hydroxyl groups excluding tert-OH is 1. The zero-order valence-electron chi connectivity index (χ0n) is 29.5.